The maximum Gasteiger partial charge on any atom is 0.136 e. The van der Waals surface area contributed by atoms with Gasteiger partial charge in [0.25, 0.3) is 0 Å². The molecule has 0 aliphatic heterocycles. The van der Waals surface area contributed by atoms with Crippen molar-refractivity contribution in [3.63, 3.8) is 0 Å². The van der Waals surface area contributed by atoms with Crippen LogP contribution in [0.15, 0.2) is 168 Å². The van der Waals surface area contributed by atoms with Crippen LogP contribution in [0.2, 0.25) is 0 Å². The van der Waals surface area contributed by atoms with Gasteiger partial charge in [0.1, 0.15) is 11.2 Å². The van der Waals surface area contributed by atoms with E-state index >= 15 is 0 Å². The highest BCUT2D eigenvalue weighted by molar-refractivity contribution is 6.10. The molecule has 0 saturated carbocycles. The van der Waals surface area contributed by atoms with Crippen LogP contribution in [0, 0.1) is 0 Å². The second-order valence-corrected chi connectivity index (χ2v) is 16.2. The van der Waals surface area contributed by atoms with Crippen LogP contribution in [-0.4, -0.2) is 0 Å². The van der Waals surface area contributed by atoms with E-state index in [1.807, 2.05) is 0 Å². The second-order valence-electron chi connectivity index (χ2n) is 16.2. The highest BCUT2D eigenvalue weighted by atomic mass is 16.3. The molecule has 2 heteroatoms. The van der Waals surface area contributed by atoms with Crippen molar-refractivity contribution in [1.29, 1.82) is 0 Å². The van der Waals surface area contributed by atoms with Crippen LogP contribution in [-0.2, 0) is 10.8 Å². The van der Waals surface area contributed by atoms with Gasteiger partial charge in [-0.05, 0) is 127 Å². The Balaban J connectivity index is 1.03. The maximum atomic E-state index is 6.45. The Kier molecular flexibility index (Phi) is 6.39. The number of anilines is 3. The molecule has 0 N–H and O–H groups in total. The summed E-state index contributed by atoms with van der Waals surface area (Å²) in [5.74, 6) is 0. The van der Waals surface area contributed by atoms with Gasteiger partial charge >= 0.3 is 0 Å². The minimum Gasteiger partial charge on any atom is -0.456 e. The zero-order valence-corrected chi connectivity index (χ0v) is 30.9. The van der Waals surface area contributed by atoms with E-state index in [1.54, 1.807) is 0 Å². The van der Waals surface area contributed by atoms with E-state index in [1.165, 1.54) is 55.3 Å². The lowest BCUT2D eigenvalue weighted by Crippen LogP contribution is -2.18. The van der Waals surface area contributed by atoms with Crippen LogP contribution >= 0.6 is 0 Å². The molecule has 0 fully saturated rings. The van der Waals surface area contributed by atoms with Gasteiger partial charge < -0.3 is 9.32 Å². The molecule has 8 aromatic carbocycles. The molecule has 258 valence electrons. The van der Waals surface area contributed by atoms with Crippen LogP contribution in [0.1, 0.15) is 49.9 Å². The van der Waals surface area contributed by atoms with Crippen molar-refractivity contribution in [2.45, 2.75) is 38.5 Å². The zero-order valence-electron chi connectivity index (χ0n) is 30.9. The molecule has 0 amide bonds. The third kappa shape index (κ3) is 4.40. The highest BCUT2D eigenvalue weighted by Crippen LogP contribution is 2.53. The average Bonchev–Trinajstić information content (AvgIpc) is 3.76. The third-order valence-electron chi connectivity index (χ3n) is 12.4. The third-order valence-corrected chi connectivity index (χ3v) is 12.4. The number of hydrogen-bond acceptors (Lipinski definition) is 2. The first-order chi connectivity index (χ1) is 26.3. The standard InChI is InChI=1S/C52H39NO/c1-51(2)45-15-9-7-13-39(45)41-25-22-37(30-47(41)51)53(38-23-26-42-40-14-8-10-16-46(40)52(3,4)48(42)31-38)36-20-17-32(18-21-36)35-19-24-43-44-27-33-11-5-6-12-34(33)28-50(44)54-49(43)29-35/h5-31H,1-4H3. The maximum absolute atomic E-state index is 6.45. The van der Waals surface area contributed by atoms with E-state index in [-0.39, 0.29) is 10.8 Å². The number of fused-ring (bicyclic) bond motifs is 10. The second kappa shape index (κ2) is 11.1. The van der Waals surface area contributed by atoms with Gasteiger partial charge in [-0.1, -0.05) is 131 Å². The molecule has 0 saturated heterocycles. The molecule has 11 rings (SSSR count). The Morgan fingerprint density at radius 2 is 0.852 bits per heavy atom. The Morgan fingerprint density at radius 3 is 1.46 bits per heavy atom. The van der Waals surface area contributed by atoms with Crippen molar-refractivity contribution in [3.8, 4) is 33.4 Å². The lowest BCUT2D eigenvalue weighted by molar-refractivity contribution is 0.660. The molecular weight excluding hydrogens is 655 g/mol. The van der Waals surface area contributed by atoms with Crippen LogP contribution in [0.4, 0.5) is 17.1 Å². The largest absolute Gasteiger partial charge is 0.456 e. The van der Waals surface area contributed by atoms with E-state index in [9.17, 15) is 0 Å². The molecule has 2 aliphatic rings. The Hall–Kier alpha value is -6.38. The highest BCUT2D eigenvalue weighted by Gasteiger charge is 2.37. The van der Waals surface area contributed by atoms with Gasteiger partial charge in [-0.2, -0.15) is 0 Å². The first-order valence-corrected chi connectivity index (χ1v) is 19.0. The molecule has 0 atom stereocenters. The SMILES string of the molecule is CC1(C)c2ccccc2-c2ccc(N(c3ccc(-c4ccc5c(c4)oc4cc6ccccc6cc45)cc3)c3ccc4c(c3)C(C)(C)c3ccccc3-4)cc21. The summed E-state index contributed by atoms with van der Waals surface area (Å²) in [7, 11) is 0. The van der Waals surface area contributed by atoms with Crippen molar-refractivity contribution in [1.82, 2.24) is 0 Å². The first-order valence-electron chi connectivity index (χ1n) is 19.0. The summed E-state index contributed by atoms with van der Waals surface area (Å²) in [4.78, 5) is 2.44. The van der Waals surface area contributed by atoms with Crippen LogP contribution < -0.4 is 4.90 Å². The summed E-state index contributed by atoms with van der Waals surface area (Å²) in [5, 5.41) is 4.72. The van der Waals surface area contributed by atoms with E-state index in [0.29, 0.717) is 0 Å². The van der Waals surface area contributed by atoms with Crippen LogP contribution in [0.25, 0.3) is 66.1 Å². The summed E-state index contributed by atoms with van der Waals surface area (Å²) < 4.78 is 6.45. The molecular formula is C52H39NO. The Bertz CT molecular complexity index is 2890. The van der Waals surface area contributed by atoms with Crippen molar-refractivity contribution < 1.29 is 4.42 Å². The molecule has 54 heavy (non-hydrogen) atoms. The van der Waals surface area contributed by atoms with E-state index < -0.39 is 0 Å². The molecule has 2 nitrogen and oxygen atoms in total. The van der Waals surface area contributed by atoms with E-state index in [2.05, 4.69) is 196 Å². The van der Waals surface area contributed by atoms with Gasteiger partial charge in [-0.15, -0.1) is 0 Å². The summed E-state index contributed by atoms with van der Waals surface area (Å²) in [6, 6.07) is 60.4. The molecule has 0 spiro atoms. The molecule has 2 aliphatic carbocycles. The predicted octanol–water partition coefficient (Wildman–Crippen LogP) is 14.5. The molecule has 1 heterocycles. The average molecular weight is 694 g/mol. The van der Waals surface area contributed by atoms with Crippen molar-refractivity contribution >= 4 is 49.8 Å². The summed E-state index contributed by atoms with van der Waals surface area (Å²) in [6.07, 6.45) is 0. The summed E-state index contributed by atoms with van der Waals surface area (Å²) in [6.45, 7) is 9.43. The van der Waals surface area contributed by atoms with E-state index in [4.69, 9.17) is 4.42 Å². The number of nitrogens with zero attached hydrogens (tertiary/aromatic N) is 1. The van der Waals surface area contributed by atoms with Gasteiger partial charge in [0.15, 0.2) is 0 Å². The summed E-state index contributed by atoms with van der Waals surface area (Å²) in [5.41, 5.74) is 18.2. The monoisotopic (exact) mass is 693 g/mol. The van der Waals surface area contributed by atoms with Gasteiger partial charge in [0.2, 0.25) is 0 Å². The minimum atomic E-state index is -0.0962. The van der Waals surface area contributed by atoms with Crippen molar-refractivity contribution in [2.75, 3.05) is 4.90 Å². The fraction of sp³-hybridized carbons (Fsp3) is 0.115. The van der Waals surface area contributed by atoms with Gasteiger partial charge in [0.05, 0.1) is 0 Å². The Morgan fingerprint density at radius 1 is 0.370 bits per heavy atom. The molecule has 0 unspecified atom stereocenters. The zero-order chi connectivity index (χ0) is 36.3. The van der Waals surface area contributed by atoms with Crippen molar-refractivity contribution in [3.05, 3.63) is 186 Å². The first kappa shape index (κ1) is 31.2. The number of hydrogen-bond donors (Lipinski definition) is 0. The van der Waals surface area contributed by atoms with Gasteiger partial charge in [-0.3, -0.25) is 0 Å². The summed E-state index contributed by atoms with van der Waals surface area (Å²) >= 11 is 0. The normalized spacial score (nSPS) is 14.6. The topological polar surface area (TPSA) is 16.4 Å². The van der Waals surface area contributed by atoms with Gasteiger partial charge in [-0.25, -0.2) is 0 Å². The molecule has 0 bridgehead atoms. The number of furan rings is 1. The smallest absolute Gasteiger partial charge is 0.136 e. The van der Waals surface area contributed by atoms with Crippen LogP contribution in [0.5, 0.6) is 0 Å². The molecule has 1 aromatic heterocycles. The predicted molar refractivity (Wildman–Crippen MR) is 226 cm³/mol. The van der Waals surface area contributed by atoms with Crippen LogP contribution in [0.3, 0.4) is 0 Å². The van der Waals surface area contributed by atoms with Crippen molar-refractivity contribution in [2.24, 2.45) is 0 Å². The Labute approximate surface area is 315 Å². The quantitative estimate of drug-likeness (QED) is 0.182. The minimum absolute atomic E-state index is 0.0962. The van der Waals surface area contributed by atoms with Gasteiger partial charge in [0, 0.05) is 38.7 Å². The lowest BCUT2D eigenvalue weighted by Gasteiger charge is -2.30. The fourth-order valence-corrected chi connectivity index (χ4v) is 9.55. The number of rotatable bonds is 4. The molecule has 0 radical (unpaired) electrons. The lowest BCUT2D eigenvalue weighted by atomic mass is 9.82. The molecule has 9 aromatic rings. The van der Waals surface area contributed by atoms with E-state index in [0.717, 1.165) is 50.1 Å². The fourth-order valence-electron chi connectivity index (χ4n) is 9.55. The number of benzene rings is 8.